The van der Waals surface area contributed by atoms with Gasteiger partial charge in [-0.1, -0.05) is 26.5 Å². The van der Waals surface area contributed by atoms with Gasteiger partial charge in [0, 0.05) is 5.41 Å². The Morgan fingerprint density at radius 1 is 1.50 bits per heavy atom. The highest BCUT2D eigenvalue weighted by atomic mass is 16.1. The molecule has 0 radical (unpaired) electrons. The van der Waals surface area contributed by atoms with Crippen LogP contribution in [0.5, 0.6) is 0 Å². The van der Waals surface area contributed by atoms with Crippen LogP contribution in [0.2, 0.25) is 0 Å². The van der Waals surface area contributed by atoms with Crippen LogP contribution in [0, 0.1) is 5.41 Å². The third kappa shape index (κ3) is 2.18. The van der Waals surface area contributed by atoms with E-state index < -0.39 is 0 Å². The highest BCUT2D eigenvalue weighted by molar-refractivity contribution is 5.93. The third-order valence-electron chi connectivity index (χ3n) is 1.51. The molecule has 0 saturated carbocycles. The fourth-order valence-electron chi connectivity index (χ4n) is 0.738. The Bertz CT molecular complexity index is 154. The molecule has 0 rings (SSSR count). The van der Waals surface area contributed by atoms with Crippen molar-refractivity contribution in [3.63, 3.8) is 0 Å². The van der Waals surface area contributed by atoms with Crippen LogP contribution in [-0.4, -0.2) is 5.78 Å². The highest BCUT2D eigenvalue weighted by Gasteiger charge is 2.22. The van der Waals surface area contributed by atoms with Gasteiger partial charge in [-0.2, -0.15) is 0 Å². The molecule has 1 nitrogen and oxygen atoms in total. The van der Waals surface area contributed by atoms with Crippen LogP contribution < -0.4 is 0 Å². The lowest BCUT2D eigenvalue weighted by Gasteiger charge is -2.18. The molecule has 0 spiro atoms. The first-order valence-corrected chi connectivity index (χ1v) is 3.32. The van der Waals surface area contributed by atoms with Gasteiger partial charge in [0.15, 0.2) is 5.78 Å². The molecule has 0 aliphatic rings. The van der Waals surface area contributed by atoms with Crippen molar-refractivity contribution in [1.82, 2.24) is 0 Å². The van der Waals surface area contributed by atoms with Crippen LogP contribution in [-0.2, 0) is 4.79 Å². The summed E-state index contributed by atoms with van der Waals surface area (Å²) in [4.78, 5) is 11.1. The van der Waals surface area contributed by atoms with Gasteiger partial charge in [-0.25, -0.2) is 0 Å². The van der Waals surface area contributed by atoms with E-state index in [0.717, 1.165) is 0 Å². The first-order valence-electron chi connectivity index (χ1n) is 3.32. The molecular weight excluding hydrogens is 124 g/mol. The Labute approximate surface area is 62.4 Å². The number of carbonyl (C=O) groups is 1. The van der Waals surface area contributed by atoms with Crippen LogP contribution in [0.15, 0.2) is 25.3 Å². The van der Waals surface area contributed by atoms with E-state index in [1.165, 1.54) is 6.08 Å². The molecule has 1 heteroatoms. The van der Waals surface area contributed by atoms with Crippen molar-refractivity contribution in [3.05, 3.63) is 25.3 Å². The molecule has 0 aromatic carbocycles. The van der Waals surface area contributed by atoms with Crippen LogP contribution in [0.4, 0.5) is 0 Å². The maximum absolute atomic E-state index is 11.1. The summed E-state index contributed by atoms with van der Waals surface area (Å²) in [6.45, 7) is 10.8. The quantitative estimate of drug-likeness (QED) is 0.430. The Morgan fingerprint density at radius 2 is 2.00 bits per heavy atom. The molecule has 0 aliphatic carbocycles. The Kier molecular flexibility index (Phi) is 3.07. The van der Waals surface area contributed by atoms with Gasteiger partial charge in [0.1, 0.15) is 0 Å². The molecule has 0 heterocycles. The first-order chi connectivity index (χ1) is 4.54. The highest BCUT2D eigenvalue weighted by Crippen LogP contribution is 2.21. The molecule has 0 aromatic heterocycles. The van der Waals surface area contributed by atoms with E-state index in [1.807, 2.05) is 13.8 Å². The van der Waals surface area contributed by atoms with Crippen molar-refractivity contribution < 1.29 is 4.79 Å². The van der Waals surface area contributed by atoms with Crippen LogP contribution in [0.1, 0.15) is 20.3 Å². The van der Waals surface area contributed by atoms with Crippen molar-refractivity contribution in [1.29, 1.82) is 0 Å². The van der Waals surface area contributed by atoms with Gasteiger partial charge in [0.05, 0.1) is 0 Å². The summed E-state index contributed by atoms with van der Waals surface area (Å²) < 4.78 is 0. The van der Waals surface area contributed by atoms with Crippen molar-refractivity contribution in [2.45, 2.75) is 20.3 Å². The summed E-state index contributed by atoms with van der Waals surface area (Å²) in [7, 11) is 0. The SMILES string of the molecule is C=CCC(C)(C)C(=O)C=C. The Morgan fingerprint density at radius 3 is 2.30 bits per heavy atom. The molecule has 0 unspecified atom stereocenters. The van der Waals surface area contributed by atoms with Crippen molar-refractivity contribution in [3.8, 4) is 0 Å². The standard InChI is InChI=1S/C9H14O/c1-5-7-9(3,4)8(10)6-2/h5-6H,1-2,7H2,3-4H3. The third-order valence-corrected chi connectivity index (χ3v) is 1.51. The second kappa shape index (κ2) is 3.35. The molecule has 0 amide bonds. The average molecular weight is 138 g/mol. The minimum atomic E-state index is -0.316. The lowest BCUT2D eigenvalue weighted by Crippen LogP contribution is -2.20. The van der Waals surface area contributed by atoms with Gasteiger partial charge < -0.3 is 0 Å². The Balaban J connectivity index is 4.22. The van der Waals surface area contributed by atoms with Crippen molar-refractivity contribution in [2.24, 2.45) is 5.41 Å². The number of rotatable bonds is 4. The van der Waals surface area contributed by atoms with E-state index in [-0.39, 0.29) is 11.2 Å². The summed E-state index contributed by atoms with van der Waals surface area (Å²) in [6, 6.07) is 0. The molecule has 0 aliphatic heterocycles. The minimum Gasteiger partial charge on any atom is -0.294 e. The van der Waals surface area contributed by atoms with Gasteiger partial charge in [-0.3, -0.25) is 4.79 Å². The van der Waals surface area contributed by atoms with E-state index in [0.29, 0.717) is 6.42 Å². The molecule has 56 valence electrons. The Hall–Kier alpha value is -0.850. The summed E-state index contributed by atoms with van der Waals surface area (Å²) in [6.07, 6.45) is 3.82. The minimum absolute atomic E-state index is 0.0763. The second-order valence-electron chi connectivity index (χ2n) is 2.95. The van der Waals surface area contributed by atoms with Crippen molar-refractivity contribution >= 4 is 5.78 Å². The van der Waals surface area contributed by atoms with Gasteiger partial charge in [-0.15, -0.1) is 6.58 Å². The van der Waals surface area contributed by atoms with E-state index in [9.17, 15) is 4.79 Å². The normalized spacial score (nSPS) is 10.6. The maximum atomic E-state index is 11.1. The van der Waals surface area contributed by atoms with Gasteiger partial charge in [0.2, 0.25) is 0 Å². The average Bonchev–Trinajstić information content (AvgIpc) is 1.86. The molecule has 0 fully saturated rings. The summed E-state index contributed by atoms with van der Waals surface area (Å²) in [5.74, 6) is 0.0763. The fourth-order valence-corrected chi connectivity index (χ4v) is 0.738. The predicted molar refractivity (Wildman–Crippen MR) is 43.8 cm³/mol. The van der Waals surface area contributed by atoms with E-state index >= 15 is 0 Å². The van der Waals surface area contributed by atoms with E-state index in [2.05, 4.69) is 13.2 Å². The summed E-state index contributed by atoms with van der Waals surface area (Å²) >= 11 is 0. The number of ketones is 1. The number of carbonyl (C=O) groups excluding carboxylic acids is 1. The second-order valence-corrected chi connectivity index (χ2v) is 2.95. The molecular formula is C9H14O. The number of allylic oxidation sites excluding steroid dienone is 2. The molecule has 0 saturated heterocycles. The topological polar surface area (TPSA) is 17.1 Å². The zero-order valence-corrected chi connectivity index (χ0v) is 6.68. The van der Waals surface area contributed by atoms with E-state index in [1.54, 1.807) is 6.08 Å². The molecule has 0 N–H and O–H groups in total. The first kappa shape index (κ1) is 9.15. The zero-order valence-electron chi connectivity index (χ0n) is 6.68. The summed E-state index contributed by atoms with van der Waals surface area (Å²) in [5.41, 5.74) is -0.316. The molecule has 0 bridgehead atoms. The maximum Gasteiger partial charge on any atom is 0.160 e. The molecule has 0 atom stereocenters. The van der Waals surface area contributed by atoms with Crippen LogP contribution >= 0.6 is 0 Å². The van der Waals surface area contributed by atoms with Gasteiger partial charge in [0.25, 0.3) is 0 Å². The number of hydrogen-bond acceptors (Lipinski definition) is 1. The smallest absolute Gasteiger partial charge is 0.160 e. The van der Waals surface area contributed by atoms with Gasteiger partial charge >= 0.3 is 0 Å². The largest absolute Gasteiger partial charge is 0.294 e. The fraction of sp³-hybridized carbons (Fsp3) is 0.444. The van der Waals surface area contributed by atoms with Crippen LogP contribution in [0.3, 0.4) is 0 Å². The van der Waals surface area contributed by atoms with E-state index in [4.69, 9.17) is 0 Å². The lowest BCUT2D eigenvalue weighted by molar-refractivity contribution is -0.122. The monoisotopic (exact) mass is 138 g/mol. The van der Waals surface area contributed by atoms with Gasteiger partial charge in [-0.05, 0) is 12.5 Å². The van der Waals surface area contributed by atoms with Crippen molar-refractivity contribution in [2.75, 3.05) is 0 Å². The number of hydrogen-bond donors (Lipinski definition) is 0. The summed E-state index contributed by atoms with van der Waals surface area (Å²) in [5, 5.41) is 0. The predicted octanol–water partition coefficient (Wildman–Crippen LogP) is 2.34. The molecule has 10 heavy (non-hydrogen) atoms. The molecule has 0 aromatic rings. The zero-order chi connectivity index (χ0) is 8.20. The lowest BCUT2D eigenvalue weighted by atomic mass is 9.85. The van der Waals surface area contributed by atoms with Crippen LogP contribution in [0.25, 0.3) is 0 Å².